The maximum Gasteiger partial charge on any atom is 0.287 e. The minimum absolute atomic E-state index is 0.149. The molecule has 0 bridgehead atoms. The van der Waals surface area contributed by atoms with Gasteiger partial charge in [-0.1, -0.05) is 30.3 Å². The highest BCUT2D eigenvalue weighted by atomic mass is 16.4. The normalized spacial score (nSPS) is 10.1. The topological polar surface area (TPSA) is 59.3 Å². The molecule has 1 N–H and O–H groups in total. The van der Waals surface area contributed by atoms with Crippen molar-refractivity contribution in [1.29, 1.82) is 0 Å². The lowest BCUT2D eigenvalue weighted by Crippen LogP contribution is -2.22. The van der Waals surface area contributed by atoms with Gasteiger partial charge in [0, 0.05) is 13.5 Å². The van der Waals surface area contributed by atoms with Gasteiger partial charge in [0.2, 0.25) is 0 Å². The first kappa shape index (κ1) is 12.1. The minimum Gasteiger partial charge on any atom is -0.448 e. The highest BCUT2D eigenvalue weighted by Crippen LogP contribution is 2.08. The van der Waals surface area contributed by atoms with E-state index in [0.29, 0.717) is 6.54 Å². The number of carbonyl (C=O) groups is 2. The van der Waals surface area contributed by atoms with E-state index in [0.717, 1.165) is 5.56 Å². The summed E-state index contributed by atoms with van der Waals surface area (Å²) in [6, 6.07) is 12.6. The number of Topliss-reactive ketones (excluding diaryl/α,β-unsaturated/α-hetero) is 1. The third kappa shape index (κ3) is 2.85. The number of hydrogen-bond acceptors (Lipinski definition) is 3. The molecule has 1 aromatic heterocycles. The summed E-state index contributed by atoms with van der Waals surface area (Å²) in [5.74, 6) is -0.181. The molecule has 0 fully saturated rings. The fourth-order valence-corrected chi connectivity index (χ4v) is 1.51. The third-order valence-corrected chi connectivity index (χ3v) is 2.47. The van der Waals surface area contributed by atoms with Gasteiger partial charge in [0.05, 0.1) is 0 Å². The average molecular weight is 243 g/mol. The number of rotatable bonds is 4. The Kier molecular flexibility index (Phi) is 3.57. The van der Waals surface area contributed by atoms with E-state index in [2.05, 4.69) is 5.32 Å². The number of benzene rings is 1. The van der Waals surface area contributed by atoms with Crippen LogP contribution in [0.3, 0.4) is 0 Å². The summed E-state index contributed by atoms with van der Waals surface area (Å²) in [6.45, 7) is 1.82. The monoisotopic (exact) mass is 243 g/mol. The van der Waals surface area contributed by atoms with Crippen molar-refractivity contribution in [2.45, 2.75) is 13.5 Å². The second-order valence-electron chi connectivity index (χ2n) is 3.89. The zero-order valence-corrected chi connectivity index (χ0v) is 9.97. The fraction of sp³-hybridized carbons (Fsp3) is 0.143. The van der Waals surface area contributed by atoms with E-state index in [-0.39, 0.29) is 23.2 Å². The van der Waals surface area contributed by atoms with E-state index < -0.39 is 0 Å². The van der Waals surface area contributed by atoms with Crippen molar-refractivity contribution in [2.75, 3.05) is 0 Å². The summed E-state index contributed by atoms with van der Waals surface area (Å²) < 4.78 is 5.13. The minimum atomic E-state index is -0.327. The summed E-state index contributed by atoms with van der Waals surface area (Å²) >= 11 is 0. The number of hydrogen-bond donors (Lipinski definition) is 1. The van der Waals surface area contributed by atoms with Crippen LogP contribution in [0.4, 0.5) is 0 Å². The molecule has 1 aromatic carbocycles. The lowest BCUT2D eigenvalue weighted by atomic mass is 10.2. The molecule has 0 aliphatic rings. The van der Waals surface area contributed by atoms with Crippen LogP contribution in [0, 0.1) is 0 Å². The third-order valence-electron chi connectivity index (χ3n) is 2.47. The highest BCUT2D eigenvalue weighted by molar-refractivity contribution is 5.95. The quantitative estimate of drug-likeness (QED) is 0.839. The van der Waals surface area contributed by atoms with Crippen molar-refractivity contribution in [3.8, 4) is 0 Å². The Labute approximate surface area is 105 Å². The number of amides is 1. The van der Waals surface area contributed by atoms with Crippen LogP contribution < -0.4 is 5.32 Å². The van der Waals surface area contributed by atoms with Gasteiger partial charge in [-0.15, -0.1) is 0 Å². The number of furan rings is 1. The lowest BCUT2D eigenvalue weighted by molar-refractivity contribution is 0.0915. The highest BCUT2D eigenvalue weighted by Gasteiger charge is 2.12. The standard InChI is InChI=1S/C14H13NO3/c1-10(16)12-7-8-13(18-12)14(17)15-9-11-5-3-2-4-6-11/h2-8H,9H2,1H3,(H,15,17). The van der Waals surface area contributed by atoms with E-state index in [9.17, 15) is 9.59 Å². The molecular formula is C14H13NO3. The Morgan fingerprint density at radius 1 is 1.06 bits per heavy atom. The second kappa shape index (κ2) is 5.31. The van der Waals surface area contributed by atoms with Gasteiger partial charge in [0.25, 0.3) is 5.91 Å². The van der Waals surface area contributed by atoms with Crippen LogP contribution in [0.15, 0.2) is 46.9 Å². The van der Waals surface area contributed by atoms with E-state index in [1.165, 1.54) is 19.1 Å². The Morgan fingerprint density at radius 2 is 1.72 bits per heavy atom. The molecule has 1 amide bonds. The van der Waals surface area contributed by atoms with Gasteiger partial charge in [0.1, 0.15) is 0 Å². The van der Waals surface area contributed by atoms with Gasteiger partial charge < -0.3 is 9.73 Å². The van der Waals surface area contributed by atoms with Crippen molar-refractivity contribution in [2.24, 2.45) is 0 Å². The van der Waals surface area contributed by atoms with Gasteiger partial charge in [-0.3, -0.25) is 9.59 Å². The van der Waals surface area contributed by atoms with Crippen molar-refractivity contribution in [3.63, 3.8) is 0 Å². The van der Waals surface area contributed by atoms with E-state index >= 15 is 0 Å². The molecule has 0 atom stereocenters. The largest absolute Gasteiger partial charge is 0.448 e. The molecule has 4 nitrogen and oxygen atoms in total. The summed E-state index contributed by atoms with van der Waals surface area (Å²) in [5, 5.41) is 2.72. The zero-order valence-electron chi connectivity index (χ0n) is 9.97. The summed E-state index contributed by atoms with van der Waals surface area (Å²) in [5.41, 5.74) is 1.00. The smallest absolute Gasteiger partial charge is 0.287 e. The summed E-state index contributed by atoms with van der Waals surface area (Å²) in [4.78, 5) is 22.8. The molecule has 92 valence electrons. The summed E-state index contributed by atoms with van der Waals surface area (Å²) in [7, 11) is 0. The van der Waals surface area contributed by atoms with Crippen molar-refractivity contribution >= 4 is 11.7 Å². The van der Waals surface area contributed by atoms with Crippen LogP contribution in [0.25, 0.3) is 0 Å². The van der Waals surface area contributed by atoms with Crippen molar-refractivity contribution in [1.82, 2.24) is 5.32 Å². The van der Waals surface area contributed by atoms with Crippen LogP contribution in [0.5, 0.6) is 0 Å². The molecule has 0 aliphatic carbocycles. The molecule has 18 heavy (non-hydrogen) atoms. The van der Waals surface area contributed by atoms with E-state index in [4.69, 9.17) is 4.42 Å². The molecule has 0 unspecified atom stereocenters. The van der Waals surface area contributed by atoms with Crippen LogP contribution in [-0.4, -0.2) is 11.7 Å². The first-order chi connectivity index (χ1) is 8.66. The first-order valence-corrected chi connectivity index (χ1v) is 5.59. The van der Waals surface area contributed by atoms with E-state index in [1.807, 2.05) is 30.3 Å². The molecule has 1 heterocycles. The van der Waals surface area contributed by atoms with Crippen LogP contribution >= 0.6 is 0 Å². The average Bonchev–Trinajstić information content (AvgIpc) is 2.87. The van der Waals surface area contributed by atoms with Crippen molar-refractivity contribution < 1.29 is 14.0 Å². The Morgan fingerprint density at radius 3 is 2.33 bits per heavy atom. The molecule has 0 aliphatic heterocycles. The number of carbonyl (C=O) groups excluding carboxylic acids is 2. The predicted molar refractivity (Wildman–Crippen MR) is 66.3 cm³/mol. The van der Waals surface area contributed by atoms with Gasteiger partial charge in [-0.25, -0.2) is 0 Å². The molecule has 2 rings (SSSR count). The van der Waals surface area contributed by atoms with Gasteiger partial charge in [-0.05, 0) is 17.7 Å². The molecule has 2 aromatic rings. The SMILES string of the molecule is CC(=O)c1ccc(C(=O)NCc2ccccc2)o1. The van der Waals surface area contributed by atoms with Crippen LogP contribution in [0.2, 0.25) is 0 Å². The predicted octanol–water partition coefficient (Wildman–Crippen LogP) is 2.41. The number of nitrogens with one attached hydrogen (secondary N) is 1. The van der Waals surface area contributed by atoms with Crippen molar-refractivity contribution in [3.05, 3.63) is 59.5 Å². The fourth-order valence-electron chi connectivity index (χ4n) is 1.51. The lowest BCUT2D eigenvalue weighted by Gasteiger charge is -2.02. The maximum absolute atomic E-state index is 11.7. The van der Waals surface area contributed by atoms with Gasteiger partial charge >= 0.3 is 0 Å². The van der Waals surface area contributed by atoms with E-state index in [1.54, 1.807) is 0 Å². The van der Waals surface area contributed by atoms with Crippen LogP contribution in [0.1, 0.15) is 33.6 Å². The molecular weight excluding hydrogens is 230 g/mol. The number of ketones is 1. The van der Waals surface area contributed by atoms with Crippen LogP contribution in [-0.2, 0) is 6.54 Å². The van der Waals surface area contributed by atoms with Gasteiger partial charge in [0.15, 0.2) is 17.3 Å². The molecule has 0 spiro atoms. The Bertz CT molecular complexity index is 557. The Balaban J connectivity index is 1.97. The second-order valence-corrected chi connectivity index (χ2v) is 3.89. The molecule has 0 saturated carbocycles. The van der Waals surface area contributed by atoms with Gasteiger partial charge in [-0.2, -0.15) is 0 Å². The summed E-state index contributed by atoms with van der Waals surface area (Å²) in [6.07, 6.45) is 0. The first-order valence-electron chi connectivity index (χ1n) is 5.59. The molecule has 0 saturated heterocycles. The molecule has 4 heteroatoms. The maximum atomic E-state index is 11.7. The molecule has 0 radical (unpaired) electrons. The zero-order chi connectivity index (χ0) is 13.0. The Hall–Kier alpha value is -2.36.